The van der Waals surface area contributed by atoms with Crippen LogP contribution in [0.15, 0.2) is 12.1 Å². The van der Waals surface area contributed by atoms with Gasteiger partial charge in [0.15, 0.2) is 5.65 Å². The number of rotatable bonds is 4. The molecule has 1 saturated carbocycles. The molecule has 0 aliphatic heterocycles. The Labute approximate surface area is 130 Å². The average Bonchev–Trinajstić information content (AvgIpc) is 3.03. The molecule has 0 bridgehead atoms. The molecular formula is C16H22ClN3O. The molecule has 5 heteroatoms. The number of fused-ring (bicyclic) bond motifs is 1. The number of halogens is 1. The van der Waals surface area contributed by atoms with Crippen molar-refractivity contribution in [2.24, 2.45) is 5.41 Å². The number of ether oxygens (including phenoxy) is 1. The van der Waals surface area contributed by atoms with Gasteiger partial charge in [-0.2, -0.15) is 4.98 Å². The molecule has 21 heavy (non-hydrogen) atoms. The third kappa shape index (κ3) is 2.73. The van der Waals surface area contributed by atoms with Gasteiger partial charge in [-0.05, 0) is 31.2 Å². The number of nitrogens with zero attached hydrogens (tertiary/aromatic N) is 3. The Hall–Kier alpha value is -1.29. The molecular weight excluding hydrogens is 286 g/mol. The molecule has 0 N–H and O–H groups in total. The topological polar surface area (TPSA) is 39.9 Å². The maximum Gasteiger partial charge on any atom is 0.215 e. The molecule has 1 aliphatic rings. The lowest BCUT2D eigenvalue weighted by molar-refractivity contribution is 0.280. The minimum atomic E-state index is -0.129. The average molecular weight is 308 g/mol. The first kappa shape index (κ1) is 14.6. The van der Waals surface area contributed by atoms with Crippen LogP contribution in [0.25, 0.3) is 11.2 Å². The van der Waals surface area contributed by atoms with E-state index in [1.807, 2.05) is 19.1 Å². The van der Waals surface area contributed by atoms with Crippen molar-refractivity contribution >= 4 is 22.8 Å². The largest absolute Gasteiger partial charge is 0.481 e. The number of hydrogen-bond acceptors (Lipinski definition) is 3. The van der Waals surface area contributed by atoms with Gasteiger partial charge in [-0.1, -0.05) is 19.8 Å². The van der Waals surface area contributed by atoms with E-state index in [1.54, 1.807) is 7.11 Å². The van der Waals surface area contributed by atoms with E-state index in [-0.39, 0.29) is 5.38 Å². The van der Waals surface area contributed by atoms with Crippen LogP contribution in [-0.2, 0) is 6.54 Å². The molecule has 1 aliphatic carbocycles. The van der Waals surface area contributed by atoms with Gasteiger partial charge in [-0.15, -0.1) is 11.6 Å². The molecule has 2 aromatic heterocycles. The minimum Gasteiger partial charge on any atom is -0.481 e. The van der Waals surface area contributed by atoms with E-state index >= 15 is 0 Å². The molecule has 2 heterocycles. The zero-order valence-corrected chi connectivity index (χ0v) is 13.7. The summed E-state index contributed by atoms with van der Waals surface area (Å²) >= 11 is 6.34. The van der Waals surface area contributed by atoms with Crippen LogP contribution in [0.3, 0.4) is 0 Å². The lowest BCUT2D eigenvalue weighted by Crippen LogP contribution is -2.21. The molecule has 1 atom stereocenters. The zero-order chi connectivity index (χ0) is 15.0. The van der Waals surface area contributed by atoms with Gasteiger partial charge in [0.2, 0.25) is 5.88 Å². The normalized spacial score (nSPS) is 19.0. The molecule has 0 spiro atoms. The van der Waals surface area contributed by atoms with Crippen LogP contribution in [0.4, 0.5) is 0 Å². The Balaban J connectivity index is 2.10. The standard InChI is InChI=1S/C16H22ClN3O/c1-11(17)14-18-12-6-7-13(21-3)19-15(12)20(14)10-16(2)8-4-5-9-16/h6-7,11H,4-5,8-10H2,1-3H3. The number of hydrogen-bond donors (Lipinski definition) is 0. The minimum absolute atomic E-state index is 0.129. The second kappa shape index (κ2) is 5.48. The molecule has 2 aromatic rings. The quantitative estimate of drug-likeness (QED) is 0.790. The summed E-state index contributed by atoms with van der Waals surface area (Å²) in [5.41, 5.74) is 2.09. The SMILES string of the molecule is COc1ccc2nc(C(C)Cl)n(CC3(C)CCCC3)c2n1. The summed E-state index contributed by atoms with van der Waals surface area (Å²) in [5, 5.41) is -0.129. The van der Waals surface area contributed by atoms with Gasteiger partial charge >= 0.3 is 0 Å². The second-order valence-corrected chi connectivity index (χ2v) is 7.04. The van der Waals surface area contributed by atoms with Crippen molar-refractivity contribution < 1.29 is 4.74 Å². The number of imidazole rings is 1. The lowest BCUT2D eigenvalue weighted by atomic mass is 9.89. The Morgan fingerprint density at radius 1 is 1.33 bits per heavy atom. The number of alkyl halides is 1. The molecule has 1 unspecified atom stereocenters. The fraction of sp³-hybridized carbons (Fsp3) is 0.625. The van der Waals surface area contributed by atoms with Crippen LogP contribution in [0, 0.1) is 5.41 Å². The molecule has 0 radical (unpaired) electrons. The van der Waals surface area contributed by atoms with Crippen molar-refractivity contribution in [2.75, 3.05) is 7.11 Å². The molecule has 0 amide bonds. The highest BCUT2D eigenvalue weighted by atomic mass is 35.5. The third-order valence-electron chi connectivity index (χ3n) is 4.51. The van der Waals surface area contributed by atoms with Crippen LogP contribution in [-0.4, -0.2) is 21.6 Å². The maximum absolute atomic E-state index is 6.34. The fourth-order valence-electron chi connectivity index (χ4n) is 3.34. The highest BCUT2D eigenvalue weighted by Gasteiger charge is 2.31. The van der Waals surface area contributed by atoms with Gasteiger partial charge in [0, 0.05) is 12.6 Å². The van der Waals surface area contributed by atoms with Crippen LogP contribution in [0.1, 0.15) is 50.7 Å². The summed E-state index contributed by atoms with van der Waals surface area (Å²) < 4.78 is 7.45. The summed E-state index contributed by atoms with van der Waals surface area (Å²) in [6.07, 6.45) is 5.14. The van der Waals surface area contributed by atoms with E-state index in [4.69, 9.17) is 16.3 Å². The van der Waals surface area contributed by atoms with Crippen molar-refractivity contribution in [2.45, 2.75) is 51.5 Å². The van der Waals surface area contributed by atoms with Gasteiger partial charge in [-0.25, -0.2) is 4.98 Å². The van der Waals surface area contributed by atoms with Crippen molar-refractivity contribution in [3.8, 4) is 5.88 Å². The van der Waals surface area contributed by atoms with Crippen LogP contribution in [0.2, 0.25) is 0 Å². The van der Waals surface area contributed by atoms with E-state index in [1.165, 1.54) is 25.7 Å². The lowest BCUT2D eigenvalue weighted by Gasteiger charge is -2.25. The number of pyridine rings is 1. The van der Waals surface area contributed by atoms with Crippen molar-refractivity contribution in [1.82, 2.24) is 14.5 Å². The first-order valence-corrected chi connectivity index (χ1v) is 8.01. The first-order valence-electron chi connectivity index (χ1n) is 7.58. The highest BCUT2D eigenvalue weighted by Crippen LogP contribution is 2.40. The summed E-state index contributed by atoms with van der Waals surface area (Å²) in [4.78, 5) is 9.26. The zero-order valence-electron chi connectivity index (χ0n) is 12.9. The predicted octanol–water partition coefficient (Wildman–Crippen LogP) is 4.32. The van der Waals surface area contributed by atoms with Crippen molar-refractivity contribution in [3.05, 3.63) is 18.0 Å². The first-order chi connectivity index (χ1) is 10.0. The Morgan fingerprint density at radius 2 is 2.05 bits per heavy atom. The summed E-state index contributed by atoms with van der Waals surface area (Å²) in [7, 11) is 1.64. The van der Waals surface area contributed by atoms with E-state index in [0.29, 0.717) is 11.3 Å². The Bertz CT molecular complexity index is 644. The highest BCUT2D eigenvalue weighted by molar-refractivity contribution is 6.20. The predicted molar refractivity (Wildman–Crippen MR) is 84.9 cm³/mol. The number of aromatic nitrogens is 3. The Kier molecular flexibility index (Phi) is 3.82. The molecule has 4 nitrogen and oxygen atoms in total. The summed E-state index contributed by atoms with van der Waals surface area (Å²) in [6.45, 7) is 5.25. The molecule has 114 valence electrons. The van der Waals surface area contributed by atoms with Gasteiger partial charge in [0.1, 0.15) is 11.3 Å². The van der Waals surface area contributed by atoms with E-state index in [9.17, 15) is 0 Å². The fourth-order valence-corrected chi connectivity index (χ4v) is 3.51. The van der Waals surface area contributed by atoms with E-state index < -0.39 is 0 Å². The monoisotopic (exact) mass is 307 g/mol. The number of methoxy groups -OCH3 is 1. The van der Waals surface area contributed by atoms with Crippen LogP contribution >= 0.6 is 11.6 Å². The maximum atomic E-state index is 6.34. The third-order valence-corrected chi connectivity index (χ3v) is 4.71. The van der Waals surface area contributed by atoms with E-state index in [2.05, 4.69) is 21.5 Å². The second-order valence-electron chi connectivity index (χ2n) is 6.39. The Morgan fingerprint density at radius 3 is 2.67 bits per heavy atom. The van der Waals surface area contributed by atoms with E-state index in [0.717, 1.165) is 23.5 Å². The molecule has 0 saturated heterocycles. The van der Waals surface area contributed by atoms with Crippen LogP contribution < -0.4 is 4.74 Å². The summed E-state index contributed by atoms with van der Waals surface area (Å²) in [5.74, 6) is 1.52. The molecule has 1 fully saturated rings. The van der Waals surface area contributed by atoms with Gasteiger partial charge in [0.25, 0.3) is 0 Å². The summed E-state index contributed by atoms with van der Waals surface area (Å²) in [6, 6.07) is 3.80. The van der Waals surface area contributed by atoms with Crippen LogP contribution in [0.5, 0.6) is 5.88 Å². The van der Waals surface area contributed by atoms with Gasteiger partial charge < -0.3 is 9.30 Å². The molecule has 3 rings (SSSR count). The smallest absolute Gasteiger partial charge is 0.215 e. The van der Waals surface area contributed by atoms with Crippen molar-refractivity contribution in [3.63, 3.8) is 0 Å². The van der Waals surface area contributed by atoms with Gasteiger partial charge in [0.05, 0.1) is 12.5 Å². The van der Waals surface area contributed by atoms with Gasteiger partial charge in [-0.3, -0.25) is 0 Å². The molecule has 0 aromatic carbocycles. The van der Waals surface area contributed by atoms with Crippen molar-refractivity contribution in [1.29, 1.82) is 0 Å².